The quantitative estimate of drug-likeness (QED) is 0.467. The fourth-order valence-corrected chi connectivity index (χ4v) is 5.26. The van der Waals surface area contributed by atoms with E-state index in [4.69, 9.17) is 30.8 Å². The van der Waals surface area contributed by atoms with Gasteiger partial charge in [0.15, 0.2) is 17.3 Å². The Morgan fingerprint density at radius 3 is 2.40 bits per heavy atom. The summed E-state index contributed by atoms with van der Waals surface area (Å²) in [6, 6.07) is 13.1. The van der Waals surface area contributed by atoms with Gasteiger partial charge in [-0.15, -0.1) is 0 Å². The first-order valence-corrected chi connectivity index (χ1v) is 12.1. The van der Waals surface area contributed by atoms with Crippen LogP contribution in [0.15, 0.2) is 58.7 Å². The number of hydrogen-bond acceptors (Lipinski definition) is 6. The van der Waals surface area contributed by atoms with Crippen molar-refractivity contribution in [3.8, 4) is 11.5 Å². The second-order valence-electron chi connectivity index (χ2n) is 9.22. The number of halogens is 1. The predicted octanol–water partition coefficient (Wildman–Crippen LogP) is 5.88. The van der Waals surface area contributed by atoms with Gasteiger partial charge in [-0.25, -0.2) is 0 Å². The van der Waals surface area contributed by atoms with Crippen LogP contribution < -0.4 is 9.47 Å². The SMILES string of the molecule is COc1cccc([C@H]2C3=C(C[C@@H](c4ccc(Cl)cc4)CC3=O)N=C(C)C2C(=O)OC(C)C)c1OC. The van der Waals surface area contributed by atoms with Crippen LogP contribution in [0.25, 0.3) is 0 Å². The third-order valence-corrected chi connectivity index (χ3v) is 6.86. The summed E-state index contributed by atoms with van der Waals surface area (Å²) >= 11 is 6.07. The third kappa shape index (κ3) is 4.85. The molecule has 0 saturated carbocycles. The molecule has 0 amide bonds. The largest absolute Gasteiger partial charge is 0.493 e. The number of methoxy groups -OCH3 is 2. The molecule has 0 spiro atoms. The van der Waals surface area contributed by atoms with E-state index in [9.17, 15) is 9.59 Å². The topological polar surface area (TPSA) is 74.2 Å². The number of esters is 1. The zero-order valence-corrected chi connectivity index (χ0v) is 21.4. The van der Waals surface area contributed by atoms with Crippen LogP contribution in [-0.4, -0.2) is 37.8 Å². The molecule has 184 valence electrons. The number of aliphatic imine (C=N–C) groups is 1. The predicted molar refractivity (Wildman–Crippen MR) is 136 cm³/mol. The van der Waals surface area contributed by atoms with Crippen molar-refractivity contribution in [1.29, 1.82) is 0 Å². The maximum absolute atomic E-state index is 13.7. The van der Waals surface area contributed by atoms with Gasteiger partial charge in [0, 0.05) is 39.9 Å². The number of benzene rings is 2. The van der Waals surface area contributed by atoms with E-state index in [1.54, 1.807) is 20.3 Å². The number of Topliss-reactive ketones (excluding diaryl/α,β-unsaturated/α-hetero) is 1. The first-order chi connectivity index (χ1) is 16.7. The van der Waals surface area contributed by atoms with Crippen LogP contribution in [0.3, 0.4) is 0 Å². The van der Waals surface area contributed by atoms with E-state index in [0.29, 0.717) is 51.9 Å². The normalized spacial score (nSPS) is 22.0. The van der Waals surface area contributed by atoms with Gasteiger partial charge in [0.1, 0.15) is 5.92 Å². The summed E-state index contributed by atoms with van der Waals surface area (Å²) in [5.74, 6) is -0.746. The molecule has 0 saturated heterocycles. The lowest BCUT2D eigenvalue weighted by Gasteiger charge is -2.37. The van der Waals surface area contributed by atoms with E-state index in [2.05, 4.69) is 0 Å². The van der Waals surface area contributed by atoms with Gasteiger partial charge in [0.05, 0.1) is 20.3 Å². The number of rotatable bonds is 6. The molecule has 0 radical (unpaired) electrons. The highest BCUT2D eigenvalue weighted by atomic mass is 35.5. The van der Waals surface area contributed by atoms with Gasteiger partial charge in [0.25, 0.3) is 0 Å². The minimum Gasteiger partial charge on any atom is -0.493 e. The second-order valence-corrected chi connectivity index (χ2v) is 9.65. The highest BCUT2D eigenvalue weighted by Crippen LogP contribution is 2.50. The molecule has 6 nitrogen and oxygen atoms in total. The summed E-state index contributed by atoms with van der Waals surface area (Å²) in [6.07, 6.45) is 0.619. The molecule has 2 aromatic rings. The maximum atomic E-state index is 13.7. The molecule has 2 aromatic carbocycles. The average Bonchev–Trinajstić information content (AvgIpc) is 2.82. The minimum absolute atomic E-state index is 0.0120. The van der Waals surface area contributed by atoms with E-state index in [1.807, 2.05) is 57.2 Å². The number of para-hydroxylation sites is 1. The number of hydrogen-bond donors (Lipinski definition) is 0. The van der Waals surface area contributed by atoms with Crippen LogP contribution in [0.2, 0.25) is 5.02 Å². The highest BCUT2D eigenvalue weighted by molar-refractivity contribution is 6.30. The van der Waals surface area contributed by atoms with Crippen molar-refractivity contribution >= 4 is 29.1 Å². The van der Waals surface area contributed by atoms with E-state index in [1.165, 1.54) is 0 Å². The van der Waals surface area contributed by atoms with Crippen molar-refractivity contribution < 1.29 is 23.8 Å². The van der Waals surface area contributed by atoms with Gasteiger partial charge in [0.2, 0.25) is 0 Å². The molecule has 0 fully saturated rings. The van der Waals surface area contributed by atoms with Crippen LogP contribution in [0.1, 0.15) is 56.6 Å². The van der Waals surface area contributed by atoms with Crippen LogP contribution in [0.4, 0.5) is 0 Å². The molecule has 0 bridgehead atoms. The average molecular weight is 496 g/mol. The lowest BCUT2D eigenvalue weighted by Crippen LogP contribution is -2.39. The molecule has 0 aromatic heterocycles. The summed E-state index contributed by atoms with van der Waals surface area (Å²) in [5.41, 5.74) is 3.63. The zero-order valence-electron chi connectivity index (χ0n) is 20.6. The van der Waals surface area contributed by atoms with Crippen LogP contribution in [0, 0.1) is 5.92 Å². The van der Waals surface area contributed by atoms with E-state index in [-0.39, 0.29) is 17.8 Å². The second kappa shape index (κ2) is 10.2. The molecule has 35 heavy (non-hydrogen) atoms. The van der Waals surface area contributed by atoms with E-state index < -0.39 is 17.8 Å². The van der Waals surface area contributed by atoms with E-state index in [0.717, 1.165) is 5.56 Å². The van der Waals surface area contributed by atoms with Gasteiger partial charge in [-0.1, -0.05) is 35.9 Å². The fourth-order valence-electron chi connectivity index (χ4n) is 5.13. The molecule has 4 rings (SSSR count). The standard InChI is InChI=1S/C28H30ClNO5/c1-15(2)35-28(32)24-16(3)30-21-13-18(17-9-11-19(29)12-10-17)14-22(31)26(21)25(24)20-7-6-8-23(33-4)27(20)34-5/h6-12,15,18,24-25H,13-14H2,1-5H3/t18-,24?,25-/m1/s1. The Morgan fingerprint density at radius 2 is 1.77 bits per heavy atom. The lowest BCUT2D eigenvalue weighted by atomic mass is 9.69. The molecule has 3 atom stereocenters. The van der Waals surface area contributed by atoms with Crippen LogP contribution >= 0.6 is 11.6 Å². The Kier molecular flexibility index (Phi) is 7.31. The van der Waals surface area contributed by atoms with Crippen molar-refractivity contribution in [3.05, 3.63) is 69.9 Å². The highest BCUT2D eigenvalue weighted by Gasteiger charge is 2.46. The summed E-state index contributed by atoms with van der Waals surface area (Å²) in [6.45, 7) is 5.44. The Morgan fingerprint density at radius 1 is 1.06 bits per heavy atom. The summed E-state index contributed by atoms with van der Waals surface area (Å²) in [4.78, 5) is 31.9. The van der Waals surface area contributed by atoms with Gasteiger partial charge in [-0.05, 0) is 56.9 Å². The molecule has 1 unspecified atom stereocenters. The number of carbonyl (C=O) groups excluding carboxylic acids is 2. The summed E-state index contributed by atoms with van der Waals surface area (Å²) in [5, 5.41) is 0.652. The first-order valence-electron chi connectivity index (χ1n) is 11.7. The zero-order chi connectivity index (χ0) is 25.3. The van der Waals surface area contributed by atoms with Gasteiger partial charge >= 0.3 is 5.97 Å². The van der Waals surface area contributed by atoms with Crippen LogP contribution in [0.5, 0.6) is 11.5 Å². The monoisotopic (exact) mass is 495 g/mol. The molecule has 1 heterocycles. The third-order valence-electron chi connectivity index (χ3n) is 6.60. The van der Waals surface area contributed by atoms with Gasteiger partial charge < -0.3 is 14.2 Å². The Bertz CT molecular complexity index is 1200. The smallest absolute Gasteiger partial charge is 0.315 e. The first kappa shape index (κ1) is 25.0. The van der Waals surface area contributed by atoms with Gasteiger partial charge in [-0.2, -0.15) is 0 Å². The van der Waals surface area contributed by atoms with Crippen molar-refractivity contribution in [1.82, 2.24) is 0 Å². The van der Waals surface area contributed by atoms with Crippen molar-refractivity contribution in [2.24, 2.45) is 10.9 Å². The van der Waals surface area contributed by atoms with E-state index >= 15 is 0 Å². The molecule has 2 aliphatic rings. The molecule has 0 N–H and O–H groups in total. The summed E-state index contributed by atoms with van der Waals surface area (Å²) in [7, 11) is 3.12. The lowest BCUT2D eigenvalue weighted by molar-refractivity contribution is -0.150. The molecule has 7 heteroatoms. The minimum atomic E-state index is -0.742. The van der Waals surface area contributed by atoms with Crippen LogP contribution in [-0.2, 0) is 14.3 Å². The Labute approximate surface area is 210 Å². The number of ether oxygens (including phenoxy) is 3. The summed E-state index contributed by atoms with van der Waals surface area (Å²) < 4.78 is 16.9. The number of ketones is 1. The molecular formula is C28H30ClNO5. The Hall–Kier alpha value is -3.12. The van der Waals surface area contributed by atoms with Crippen molar-refractivity contribution in [3.63, 3.8) is 0 Å². The fraction of sp³-hybridized carbons (Fsp3) is 0.393. The molecule has 1 aliphatic heterocycles. The van der Waals surface area contributed by atoms with Crippen molar-refractivity contribution in [2.45, 2.75) is 51.6 Å². The number of carbonyl (C=O) groups is 2. The Balaban J connectivity index is 1.86. The molecule has 1 aliphatic carbocycles. The molecular weight excluding hydrogens is 466 g/mol. The van der Waals surface area contributed by atoms with Crippen molar-refractivity contribution in [2.75, 3.05) is 14.2 Å². The van der Waals surface area contributed by atoms with Gasteiger partial charge in [-0.3, -0.25) is 14.6 Å². The maximum Gasteiger partial charge on any atom is 0.315 e. The number of nitrogens with zero attached hydrogens (tertiary/aromatic N) is 1. The number of allylic oxidation sites excluding steroid dienone is 2.